The number of nitrogens with zero attached hydrogens (tertiary/aromatic N) is 2. The Morgan fingerprint density at radius 1 is 1.46 bits per heavy atom. The number of aromatic nitrogens is 3. The minimum atomic E-state index is -0.418. The lowest BCUT2D eigenvalue weighted by atomic mass is 9.88. The number of amides is 1. The van der Waals surface area contributed by atoms with Gasteiger partial charge in [-0.1, -0.05) is 25.6 Å². The number of H-pyrrole nitrogens is 1. The van der Waals surface area contributed by atoms with Gasteiger partial charge in [-0.2, -0.15) is 0 Å². The summed E-state index contributed by atoms with van der Waals surface area (Å²) in [7, 11) is 1.35. The zero-order valence-corrected chi connectivity index (χ0v) is 17.8. The van der Waals surface area contributed by atoms with Crippen LogP contribution in [0.3, 0.4) is 0 Å². The molecule has 2 aromatic heterocycles. The Balaban J connectivity index is 1.74. The third-order valence-corrected chi connectivity index (χ3v) is 6.80. The molecule has 2 heterocycles. The maximum Gasteiger partial charge on any atom is 0.343 e. The van der Waals surface area contributed by atoms with Crippen LogP contribution in [-0.2, 0) is 28.9 Å². The molecule has 1 aliphatic rings. The molecule has 0 bridgehead atoms. The SMILES string of the molecule is CCCn1c(SCC(=O)Nc2sc3c(c2C(=O)OC)CC[C@@H](C)C3)n[nH]c1=O. The van der Waals surface area contributed by atoms with Crippen molar-refractivity contribution in [2.75, 3.05) is 18.2 Å². The Hall–Kier alpha value is -2.07. The predicted octanol–water partition coefficient (Wildman–Crippen LogP) is 2.69. The van der Waals surface area contributed by atoms with Crippen LogP contribution < -0.4 is 11.0 Å². The second-order valence-corrected chi connectivity index (χ2v) is 8.89. The number of ether oxygens (including phenoxy) is 1. The summed E-state index contributed by atoms with van der Waals surface area (Å²) in [5, 5.41) is 10.3. The van der Waals surface area contributed by atoms with E-state index in [9.17, 15) is 14.4 Å². The Kier molecular flexibility index (Phi) is 6.61. The standard InChI is InChI=1S/C18H24N4O4S2/c1-4-7-22-17(25)20-21-18(22)27-9-13(23)19-15-14(16(24)26-3)11-6-5-10(2)8-12(11)28-15/h10H,4-9H2,1-3H3,(H,19,23)(H,20,25)/t10-/m1/s1. The molecule has 0 unspecified atom stereocenters. The number of nitrogens with one attached hydrogen (secondary N) is 2. The summed E-state index contributed by atoms with van der Waals surface area (Å²) in [5.41, 5.74) is 1.20. The van der Waals surface area contributed by atoms with E-state index in [1.807, 2.05) is 6.92 Å². The van der Waals surface area contributed by atoms with Crippen LogP contribution in [0, 0.1) is 5.92 Å². The number of aromatic amines is 1. The fourth-order valence-electron chi connectivity index (χ4n) is 3.28. The molecule has 1 atom stereocenters. The van der Waals surface area contributed by atoms with E-state index in [-0.39, 0.29) is 17.3 Å². The first-order chi connectivity index (χ1) is 13.4. The molecule has 0 saturated heterocycles. The van der Waals surface area contributed by atoms with E-state index in [2.05, 4.69) is 22.4 Å². The van der Waals surface area contributed by atoms with E-state index in [4.69, 9.17) is 4.74 Å². The number of rotatable bonds is 7. The molecule has 0 fully saturated rings. The van der Waals surface area contributed by atoms with Crippen molar-refractivity contribution < 1.29 is 14.3 Å². The van der Waals surface area contributed by atoms with Gasteiger partial charge in [0.2, 0.25) is 5.91 Å². The summed E-state index contributed by atoms with van der Waals surface area (Å²) in [6.45, 7) is 4.70. The van der Waals surface area contributed by atoms with Gasteiger partial charge in [-0.05, 0) is 37.2 Å². The first kappa shape index (κ1) is 20.7. The predicted molar refractivity (Wildman–Crippen MR) is 109 cm³/mol. The fraction of sp³-hybridized carbons (Fsp3) is 0.556. The van der Waals surface area contributed by atoms with E-state index in [1.165, 1.54) is 34.8 Å². The van der Waals surface area contributed by atoms with Crippen molar-refractivity contribution in [3.8, 4) is 0 Å². The zero-order valence-electron chi connectivity index (χ0n) is 16.2. The molecular weight excluding hydrogens is 400 g/mol. The molecule has 0 aromatic carbocycles. The highest BCUT2D eigenvalue weighted by Crippen LogP contribution is 2.40. The number of carbonyl (C=O) groups excluding carboxylic acids is 2. The van der Waals surface area contributed by atoms with Crippen LogP contribution in [0.4, 0.5) is 5.00 Å². The summed E-state index contributed by atoms with van der Waals surface area (Å²) in [6.07, 6.45) is 3.54. The third kappa shape index (κ3) is 4.33. The van der Waals surface area contributed by atoms with Crippen LogP contribution in [0.5, 0.6) is 0 Å². The van der Waals surface area contributed by atoms with Gasteiger partial charge in [0, 0.05) is 11.4 Å². The molecule has 0 saturated carbocycles. The van der Waals surface area contributed by atoms with Gasteiger partial charge in [0.1, 0.15) is 5.00 Å². The molecule has 10 heteroatoms. The van der Waals surface area contributed by atoms with Gasteiger partial charge in [0.15, 0.2) is 5.16 Å². The van der Waals surface area contributed by atoms with Gasteiger partial charge in [-0.3, -0.25) is 9.36 Å². The summed E-state index contributed by atoms with van der Waals surface area (Å²) in [4.78, 5) is 37.7. The van der Waals surface area contributed by atoms with Crippen LogP contribution >= 0.6 is 23.1 Å². The molecule has 28 heavy (non-hydrogen) atoms. The van der Waals surface area contributed by atoms with Gasteiger partial charge in [0.25, 0.3) is 0 Å². The van der Waals surface area contributed by atoms with Crippen molar-refractivity contribution in [1.29, 1.82) is 0 Å². The zero-order chi connectivity index (χ0) is 20.3. The summed E-state index contributed by atoms with van der Waals surface area (Å²) < 4.78 is 6.46. The Bertz CT molecular complexity index is 931. The average molecular weight is 425 g/mol. The summed E-state index contributed by atoms with van der Waals surface area (Å²) in [6, 6.07) is 0. The van der Waals surface area contributed by atoms with Crippen LogP contribution in [0.15, 0.2) is 9.95 Å². The van der Waals surface area contributed by atoms with Crippen LogP contribution in [0.25, 0.3) is 0 Å². The summed E-state index contributed by atoms with van der Waals surface area (Å²) >= 11 is 2.64. The van der Waals surface area contributed by atoms with Crippen molar-refractivity contribution in [3.63, 3.8) is 0 Å². The van der Waals surface area contributed by atoms with E-state index in [0.717, 1.165) is 36.1 Å². The number of esters is 1. The molecule has 1 amide bonds. The van der Waals surface area contributed by atoms with Crippen molar-refractivity contribution in [2.24, 2.45) is 5.92 Å². The normalized spacial score (nSPS) is 15.9. The van der Waals surface area contributed by atoms with Gasteiger partial charge in [0.05, 0.1) is 18.4 Å². The smallest absolute Gasteiger partial charge is 0.343 e. The number of hydrogen-bond acceptors (Lipinski definition) is 7. The van der Waals surface area contributed by atoms with Crippen molar-refractivity contribution in [2.45, 2.75) is 51.2 Å². The fourth-order valence-corrected chi connectivity index (χ4v) is 5.47. The van der Waals surface area contributed by atoms with E-state index < -0.39 is 5.97 Å². The third-order valence-electron chi connectivity index (χ3n) is 4.66. The number of hydrogen-bond donors (Lipinski definition) is 2. The Labute approximate surface area is 171 Å². The molecule has 0 aliphatic heterocycles. The van der Waals surface area contributed by atoms with E-state index in [1.54, 1.807) is 0 Å². The highest BCUT2D eigenvalue weighted by molar-refractivity contribution is 7.99. The second-order valence-electron chi connectivity index (χ2n) is 6.85. The Morgan fingerprint density at radius 3 is 2.96 bits per heavy atom. The van der Waals surface area contributed by atoms with Crippen LogP contribution in [-0.4, -0.2) is 39.5 Å². The highest BCUT2D eigenvalue weighted by Gasteiger charge is 2.29. The number of thioether (sulfide) groups is 1. The van der Waals surface area contributed by atoms with Gasteiger partial charge in [-0.25, -0.2) is 14.7 Å². The number of thiophene rings is 1. The van der Waals surface area contributed by atoms with Gasteiger partial charge >= 0.3 is 11.7 Å². The highest BCUT2D eigenvalue weighted by atomic mass is 32.2. The minimum Gasteiger partial charge on any atom is -0.465 e. The topological polar surface area (TPSA) is 106 Å². The monoisotopic (exact) mass is 424 g/mol. The number of anilines is 1. The lowest BCUT2D eigenvalue weighted by Crippen LogP contribution is -2.19. The molecule has 0 spiro atoms. The lowest BCUT2D eigenvalue weighted by Gasteiger charge is -2.18. The van der Waals surface area contributed by atoms with Crippen molar-refractivity contribution in [1.82, 2.24) is 14.8 Å². The van der Waals surface area contributed by atoms with Crippen LogP contribution in [0.2, 0.25) is 0 Å². The maximum absolute atomic E-state index is 12.5. The molecule has 2 aromatic rings. The van der Waals surface area contributed by atoms with Gasteiger partial charge < -0.3 is 10.1 Å². The molecule has 152 valence electrons. The maximum atomic E-state index is 12.5. The average Bonchev–Trinajstić information content (AvgIpc) is 3.19. The molecule has 1 aliphatic carbocycles. The van der Waals surface area contributed by atoms with Crippen LogP contribution in [0.1, 0.15) is 47.5 Å². The molecule has 3 rings (SSSR count). The minimum absolute atomic E-state index is 0.0909. The number of carbonyl (C=O) groups is 2. The lowest BCUT2D eigenvalue weighted by molar-refractivity contribution is -0.113. The molecule has 0 radical (unpaired) electrons. The van der Waals surface area contributed by atoms with E-state index in [0.29, 0.717) is 28.2 Å². The van der Waals surface area contributed by atoms with E-state index >= 15 is 0 Å². The van der Waals surface area contributed by atoms with Crippen molar-refractivity contribution >= 4 is 40.0 Å². The molecular formula is C18H24N4O4S2. The first-order valence-corrected chi connectivity index (χ1v) is 11.1. The second kappa shape index (κ2) is 8.95. The number of fused-ring (bicyclic) bond motifs is 1. The Morgan fingerprint density at radius 2 is 2.25 bits per heavy atom. The first-order valence-electron chi connectivity index (χ1n) is 9.25. The quantitative estimate of drug-likeness (QED) is 0.523. The largest absolute Gasteiger partial charge is 0.465 e. The molecule has 2 N–H and O–H groups in total. The van der Waals surface area contributed by atoms with Crippen molar-refractivity contribution in [3.05, 3.63) is 26.5 Å². The molecule has 8 nitrogen and oxygen atoms in total. The summed E-state index contributed by atoms with van der Waals surface area (Å²) in [5.74, 6) is -0.0155. The number of methoxy groups -OCH3 is 1. The van der Waals surface area contributed by atoms with Gasteiger partial charge in [-0.15, -0.1) is 16.4 Å².